The highest BCUT2D eigenvalue weighted by atomic mass is 16.5. The van der Waals surface area contributed by atoms with Crippen LogP contribution in [-0.2, 0) is 17.8 Å². The summed E-state index contributed by atoms with van der Waals surface area (Å²) in [4.78, 5) is 0. The molecule has 98 valence electrons. The lowest BCUT2D eigenvalue weighted by atomic mass is 10.1. The van der Waals surface area contributed by atoms with Crippen molar-refractivity contribution in [2.75, 3.05) is 11.9 Å². The summed E-state index contributed by atoms with van der Waals surface area (Å²) < 4.78 is 6.02. The zero-order valence-electron chi connectivity index (χ0n) is 11.0. The molecule has 0 saturated carbocycles. The van der Waals surface area contributed by atoms with Gasteiger partial charge >= 0.3 is 0 Å². The SMILES string of the molecule is c1ccc(COC2CCc3ccccc3NC2)cc1. The van der Waals surface area contributed by atoms with Crippen LogP contribution in [0.2, 0.25) is 0 Å². The molecule has 19 heavy (non-hydrogen) atoms. The summed E-state index contributed by atoms with van der Waals surface area (Å²) in [6, 6.07) is 18.9. The van der Waals surface area contributed by atoms with Gasteiger partial charge in [0.2, 0.25) is 0 Å². The van der Waals surface area contributed by atoms with Crippen molar-refractivity contribution < 1.29 is 4.74 Å². The Hall–Kier alpha value is -1.80. The second-order valence-corrected chi connectivity index (χ2v) is 5.00. The third kappa shape index (κ3) is 3.15. The normalized spacial score (nSPS) is 18.2. The van der Waals surface area contributed by atoms with E-state index in [0.717, 1.165) is 19.4 Å². The summed E-state index contributed by atoms with van der Waals surface area (Å²) in [5, 5.41) is 3.49. The monoisotopic (exact) mass is 253 g/mol. The summed E-state index contributed by atoms with van der Waals surface area (Å²) in [5.41, 5.74) is 3.89. The second kappa shape index (κ2) is 5.89. The van der Waals surface area contributed by atoms with E-state index in [1.807, 2.05) is 6.07 Å². The van der Waals surface area contributed by atoms with Crippen molar-refractivity contribution in [3.8, 4) is 0 Å². The fourth-order valence-corrected chi connectivity index (χ4v) is 2.48. The fourth-order valence-electron chi connectivity index (χ4n) is 2.48. The molecule has 0 amide bonds. The molecular formula is C17H19NO. The highest BCUT2D eigenvalue weighted by Gasteiger charge is 2.15. The molecular weight excluding hydrogens is 234 g/mol. The molecule has 2 nitrogen and oxygen atoms in total. The van der Waals surface area contributed by atoms with Gasteiger partial charge in [-0.3, -0.25) is 0 Å². The number of aryl methyl sites for hydroxylation is 1. The van der Waals surface area contributed by atoms with Crippen LogP contribution in [0.1, 0.15) is 17.5 Å². The number of fused-ring (bicyclic) bond motifs is 1. The van der Waals surface area contributed by atoms with Crippen LogP contribution in [0.25, 0.3) is 0 Å². The predicted molar refractivity (Wildman–Crippen MR) is 78.3 cm³/mol. The maximum Gasteiger partial charge on any atom is 0.0755 e. The molecule has 1 unspecified atom stereocenters. The average Bonchev–Trinajstić information content (AvgIpc) is 2.69. The van der Waals surface area contributed by atoms with Crippen LogP contribution in [0, 0.1) is 0 Å². The molecule has 0 aromatic heterocycles. The van der Waals surface area contributed by atoms with E-state index in [4.69, 9.17) is 4.74 Å². The molecule has 0 radical (unpaired) electrons. The fraction of sp³-hybridized carbons (Fsp3) is 0.294. The van der Waals surface area contributed by atoms with E-state index in [0.29, 0.717) is 6.61 Å². The van der Waals surface area contributed by atoms with Crippen LogP contribution in [0.4, 0.5) is 5.69 Å². The van der Waals surface area contributed by atoms with E-state index in [9.17, 15) is 0 Å². The average molecular weight is 253 g/mol. The molecule has 1 N–H and O–H groups in total. The van der Waals surface area contributed by atoms with E-state index in [2.05, 4.69) is 53.8 Å². The van der Waals surface area contributed by atoms with Crippen molar-refractivity contribution in [2.24, 2.45) is 0 Å². The Bertz CT molecular complexity index is 497. The first-order valence-electron chi connectivity index (χ1n) is 6.89. The predicted octanol–water partition coefficient (Wildman–Crippen LogP) is 3.63. The van der Waals surface area contributed by atoms with Crippen molar-refractivity contribution in [2.45, 2.75) is 25.6 Å². The quantitative estimate of drug-likeness (QED) is 0.902. The van der Waals surface area contributed by atoms with Crippen LogP contribution in [-0.4, -0.2) is 12.6 Å². The first-order valence-corrected chi connectivity index (χ1v) is 6.89. The van der Waals surface area contributed by atoms with Gasteiger partial charge in [-0.25, -0.2) is 0 Å². The minimum absolute atomic E-state index is 0.285. The lowest BCUT2D eigenvalue weighted by Gasteiger charge is -2.15. The molecule has 2 aromatic carbocycles. The van der Waals surface area contributed by atoms with Crippen molar-refractivity contribution in [1.82, 2.24) is 0 Å². The van der Waals surface area contributed by atoms with Crippen LogP contribution in [0.15, 0.2) is 54.6 Å². The maximum absolute atomic E-state index is 6.02. The largest absolute Gasteiger partial charge is 0.382 e. The smallest absolute Gasteiger partial charge is 0.0755 e. The van der Waals surface area contributed by atoms with Crippen LogP contribution >= 0.6 is 0 Å². The number of ether oxygens (including phenoxy) is 1. The molecule has 1 heterocycles. The van der Waals surface area contributed by atoms with E-state index in [1.165, 1.54) is 16.8 Å². The van der Waals surface area contributed by atoms with Crippen molar-refractivity contribution in [1.29, 1.82) is 0 Å². The van der Waals surface area contributed by atoms with Crippen LogP contribution < -0.4 is 5.32 Å². The topological polar surface area (TPSA) is 21.3 Å². The summed E-state index contributed by atoms with van der Waals surface area (Å²) in [7, 11) is 0. The standard InChI is InChI=1S/C17H19NO/c1-2-6-14(7-3-1)13-19-16-11-10-15-8-4-5-9-17(15)18-12-16/h1-9,16,18H,10-13H2. The second-order valence-electron chi connectivity index (χ2n) is 5.00. The number of hydrogen-bond acceptors (Lipinski definition) is 2. The zero-order valence-corrected chi connectivity index (χ0v) is 11.0. The third-order valence-electron chi connectivity index (χ3n) is 3.60. The lowest BCUT2D eigenvalue weighted by molar-refractivity contribution is 0.0448. The van der Waals surface area contributed by atoms with E-state index < -0.39 is 0 Å². The van der Waals surface area contributed by atoms with Crippen molar-refractivity contribution in [3.05, 3.63) is 65.7 Å². The van der Waals surface area contributed by atoms with E-state index >= 15 is 0 Å². The Morgan fingerprint density at radius 3 is 2.68 bits per heavy atom. The van der Waals surface area contributed by atoms with Crippen molar-refractivity contribution >= 4 is 5.69 Å². The Labute approximate surface area is 114 Å². The number of para-hydroxylation sites is 1. The number of anilines is 1. The van der Waals surface area contributed by atoms with E-state index in [-0.39, 0.29) is 6.10 Å². The van der Waals surface area contributed by atoms with Gasteiger partial charge in [0.25, 0.3) is 0 Å². The van der Waals surface area contributed by atoms with Gasteiger partial charge in [-0.1, -0.05) is 48.5 Å². The van der Waals surface area contributed by atoms with Gasteiger partial charge in [0.05, 0.1) is 12.7 Å². The molecule has 0 saturated heterocycles. The van der Waals surface area contributed by atoms with Gasteiger partial charge in [0, 0.05) is 12.2 Å². The minimum atomic E-state index is 0.285. The Balaban J connectivity index is 1.57. The molecule has 2 heteroatoms. The minimum Gasteiger partial charge on any atom is -0.382 e. The molecule has 2 aromatic rings. The highest BCUT2D eigenvalue weighted by Crippen LogP contribution is 2.22. The number of rotatable bonds is 3. The molecule has 1 aliphatic heterocycles. The molecule has 1 atom stereocenters. The molecule has 3 rings (SSSR count). The molecule has 0 spiro atoms. The summed E-state index contributed by atoms with van der Waals surface area (Å²) in [5.74, 6) is 0. The summed E-state index contributed by atoms with van der Waals surface area (Å²) >= 11 is 0. The Morgan fingerprint density at radius 1 is 1.00 bits per heavy atom. The first-order chi connectivity index (χ1) is 9.42. The lowest BCUT2D eigenvalue weighted by Crippen LogP contribution is -2.21. The highest BCUT2D eigenvalue weighted by molar-refractivity contribution is 5.52. The molecule has 0 aliphatic carbocycles. The first kappa shape index (κ1) is 12.2. The van der Waals surface area contributed by atoms with E-state index in [1.54, 1.807) is 0 Å². The molecule has 0 fully saturated rings. The van der Waals surface area contributed by atoms with Crippen molar-refractivity contribution in [3.63, 3.8) is 0 Å². The van der Waals surface area contributed by atoms with Gasteiger partial charge in [-0.15, -0.1) is 0 Å². The van der Waals surface area contributed by atoms with Gasteiger partial charge in [-0.2, -0.15) is 0 Å². The van der Waals surface area contributed by atoms with Gasteiger partial charge < -0.3 is 10.1 Å². The Morgan fingerprint density at radius 2 is 1.79 bits per heavy atom. The van der Waals surface area contributed by atoms with Crippen LogP contribution in [0.3, 0.4) is 0 Å². The zero-order chi connectivity index (χ0) is 12.9. The van der Waals surface area contributed by atoms with Gasteiger partial charge in [0.1, 0.15) is 0 Å². The van der Waals surface area contributed by atoms with Crippen LogP contribution in [0.5, 0.6) is 0 Å². The van der Waals surface area contributed by atoms with Gasteiger partial charge in [0.15, 0.2) is 0 Å². The van der Waals surface area contributed by atoms with Gasteiger partial charge in [-0.05, 0) is 30.0 Å². The third-order valence-corrected chi connectivity index (χ3v) is 3.60. The Kier molecular flexibility index (Phi) is 3.80. The number of hydrogen-bond donors (Lipinski definition) is 1. The molecule has 0 bridgehead atoms. The molecule has 1 aliphatic rings. The maximum atomic E-state index is 6.02. The number of nitrogens with one attached hydrogen (secondary N) is 1. The summed E-state index contributed by atoms with van der Waals surface area (Å²) in [6.07, 6.45) is 2.45. The summed E-state index contributed by atoms with van der Waals surface area (Å²) in [6.45, 7) is 1.59. The number of benzene rings is 2.